The third-order valence-electron chi connectivity index (χ3n) is 3.13. The molecule has 1 heterocycles. The van der Waals surface area contributed by atoms with E-state index in [0.717, 1.165) is 11.3 Å². The van der Waals surface area contributed by atoms with E-state index in [1.165, 1.54) is 19.2 Å². The van der Waals surface area contributed by atoms with Gasteiger partial charge < -0.3 is 15.2 Å². The standard InChI is InChI=1S/C16H16N2O4/c1-17-15(19)14-9-11(16(20)21)8-12(18-14)7-10-3-5-13(22-2)6-4-10/h3-6,8-9H,7H2,1-2H3,(H,17,19)(H,20,21). The number of hydrogen-bond donors (Lipinski definition) is 2. The molecule has 0 atom stereocenters. The van der Waals surface area contributed by atoms with Gasteiger partial charge in [0.05, 0.1) is 12.7 Å². The van der Waals surface area contributed by atoms with Gasteiger partial charge in [-0.05, 0) is 29.8 Å². The molecule has 22 heavy (non-hydrogen) atoms. The Labute approximate surface area is 127 Å². The van der Waals surface area contributed by atoms with Crippen LogP contribution in [-0.2, 0) is 6.42 Å². The maximum atomic E-state index is 11.7. The maximum Gasteiger partial charge on any atom is 0.335 e. The number of amides is 1. The summed E-state index contributed by atoms with van der Waals surface area (Å²) < 4.78 is 5.09. The van der Waals surface area contributed by atoms with E-state index in [4.69, 9.17) is 9.84 Å². The molecular formula is C16H16N2O4. The highest BCUT2D eigenvalue weighted by atomic mass is 16.5. The highest BCUT2D eigenvalue weighted by molar-refractivity contribution is 5.95. The van der Waals surface area contributed by atoms with Gasteiger partial charge in [0.25, 0.3) is 5.91 Å². The molecule has 6 heteroatoms. The van der Waals surface area contributed by atoms with Crippen molar-refractivity contribution in [3.8, 4) is 5.75 Å². The smallest absolute Gasteiger partial charge is 0.335 e. The lowest BCUT2D eigenvalue weighted by Gasteiger charge is -2.07. The molecule has 1 aromatic carbocycles. The van der Waals surface area contributed by atoms with Crippen molar-refractivity contribution in [2.24, 2.45) is 0 Å². The SMILES string of the molecule is CNC(=O)c1cc(C(=O)O)cc(Cc2ccc(OC)cc2)n1. The predicted molar refractivity (Wildman–Crippen MR) is 80.4 cm³/mol. The van der Waals surface area contributed by atoms with Crippen LogP contribution in [0.15, 0.2) is 36.4 Å². The van der Waals surface area contributed by atoms with Crippen LogP contribution in [0.3, 0.4) is 0 Å². The van der Waals surface area contributed by atoms with Gasteiger partial charge in [-0.15, -0.1) is 0 Å². The van der Waals surface area contributed by atoms with Crippen LogP contribution in [0.25, 0.3) is 0 Å². The largest absolute Gasteiger partial charge is 0.497 e. The number of aromatic nitrogens is 1. The fourth-order valence-corrected chi connectivity index (χ4v) is 2.00. The molecule has 0 spiro atoms. The van der Waals surface area contributed by atoms with Crippen LogP contribution in [0.4, 0.5) is 0 Å². The normalized spacial score (nSPS) is 10.1. The Bertz CT molecular complexity index is 696. The Kier molecular flexibility index (Phi) is 4.73. The van der Waals surface area contributed by atoms with Gasteiger partial charge in [0.1, 0.15) is 11.4 Å². The molecule has 0 saturated carbocycles. The molecule has 6 nitrogen and oxygen atoms in total. The van der Waals surface area contributed by atoms with Crippen LogP contribution in [-0.4, -0.2) is 36.1 Å². The topological polar surface area (TPSA) is 88.5 Å². The van der Waals surface area contributed by atoms with E-state index in [1.807, 2.05) is 24.3 Å². The lowest BCUT2D eigenvalue weighted by Crippen LogP contribution is -2.20. The number of nitrogens with zero attached hydrogens (tertiary/aromatic N) is 1. The molecule has 0 unspecified atom stereocenters. The van der Waals surface area contributed by atoms with Gasteiger partial charge in [0.2, 0.25) is 0 Å². The minimum absolute atomic E-state index is 0.0390. The summed E-state index contributed by atoms with van der Waals surface area (Å²) in [6.07, 6.45) is 0.426. The third-order valence-corrected chi connectivity index (χ3v) is 3.13. The summed E-state index contributed by atoms with van der Waals surface area (Å²) in [5.74, 6) is -0.773. The molecule has 1 aromatic heterocycles. The fourth-order valence-electron chi connectivity index (χ4n) is 2.00. The molecular weight excluding hydrogens is 284 g/mol. The number of aromatic carboxylic acids is 1. The number of carbonyl (C=O) groups is 2. The molecule has 0 fully saturated rings. The van der Waals surface area contributed by atoms with Crippen molar-refractivity contribution >= 4 is 11.9 Å². The van der Waals surface area contributed by atoms with Crippen LogP contribution in [0.2, 0.25) is 0 Å². The van der Waals surface area contributed by atoms with Crippen LogP contribution < -0.4 is 10.1 Å². The van der Waals surface area contributed by atoms with E-state index in [9.17, 15) is 9.59 Å². The lowest BCUT2D eigenvalue weighted by molar-refractivity contribution is 0.0696. The van der Waals surface area contributed by atoms with E-state index in [0.29, 0.717) is 12.1 Å². The first-order chi connectivity index (χ1) is 10.5. The average molecular weight is 300 g/mol. The first-order valence-corrected chi connectivity index (χ1v) is 6.62. The van der Waals surface area contributed by atoms with Crippen molar-refractivity contribution in [2.75, 3.05) is 14.2 Å². The Morgan fingerprint density at radius 2 is 1.91 bits per heavy atom. The first kappa shape index (κ1) is 15.5. The zero-order valence-corrected chi connectivity index (χ0v) is 12.3. The van der Waals surface area contributed by atoms with Gasteiger partial charge in [-0.3, -0.25) is 4.79 Å². The van der Waals surface area contributed by atoms with Crippen LogP contribution >= 0.6 is 0 Å². The summed E-state index contributed by atoms with van der Waals surface area (Å²) in [6, 6.07) is 10.1. The molecule has 114 valence electrons. The summed E-state index contributed by atoms with van der Waals surface area (Å²) >= 11 is 0. The highest BCUT2D eigenvalue weighted by Gasteiger charge is 2.13. The minimum atomic E-state index is -1.09. The maximum absolute atomic E-state index is 11.7. The summed E-state index contributed by atoms with van der Waals surface area (Å²) in [4.78, 5) is 27.1. The molecule has 0 aliphatic heterocycles. The number of pyridine rings is 1. The van der Waals surface area contributed by atoms with Gasteiger partial charge in [-0.2, -0.15) is 0 Å². The van der Waals surface area contributed by atoms with E-state index >= 15 is 0 Å². The van der Waals surface area contributed by atoms with Crippen molar-refractivity contribution in [1.29, 1.82) is 0 Å². The number of methoxy groups -OCH3 is 1. The summed E-state index contributed by atoms with van der Waals surface area (Å²) in [5, 5.41) is 11.6. The quantitative estimate of drug-likeness (QED) is 0.878. The molecule has 0 saturated heterocycles. The number of hydrogen-bond acceptors (Lipinski definition) is 4. The van der Waals surface area contributed by atoms with E-state index in [2.05, 4.69) is 10.3 Å². The number of carboxylic acid groups (broad SMARTS) is 1. The number of rotatable bonds is 5. The van der Waals surface area contributed by atoms with Crippen molar-refractivity contribution in [3.63, 3.8) is 0 Å². The van der Waals surface area contributed by atoms with Crippen LogP contribution in [0.1, 0.15) is 32.1 Å². The van der Waals surface area contributed by atoms with Crippen LogP contribution in [0.5, 0.6) is 5.75 Å². The zero-order chi connectivity index (χ0) is 16.1. The molecule has 0 aliphatic rings. The highest BCUT2D eigenvalue weighted by Crippen LogP contribution is 2.15. The molecule has 2 N–H and O–H groups in total. The van der Waals surface area contributed by atoms with E-state index in [1.54, 1.807) is 7.11 Å². The second-order valence-electron chi connectivity index (χ2n) is 4.64. The first-order valence-electron chi connectivity index (χ1n) is 6.62. The number of ether oxygens (including phenoxy) is 1. The van der Waals surface area contributed by atoms with Crippen LogP contribution in [0, 0.1) is 0 Å². The van der Waals surface area contributed by atoms with Gasteiger partial charge in [0, 0.05) is 19.2 Å². The van der Waals surface area contributed by atoms with E-state index in [-0.39, 0.29) is 11.3 Å². The Morgan fingerprint density at radius 1 is 1.23 bits per heavy atom. The van der Waals surface area contributed by atoms with E-state index < -0.39 is 11.9 Å². The van der Waals surface area contributed by atoms with Gasteiger partial charge in [-0.25, -0.2) is 9.78 Å². The molecule has 2 aromatic rings. The van der Waals surface area contributed by atoms with Gasteiger partial charge in [-0.1, -0.05) is 12.1 Å². The van der Waals surface area contributed by atoms with Crippen molar-refractivity contribution in [3.05, 3.63) is 58.9 Å². The summed E-state index contributed by atoms with van der Waals surface area (Å²) in [7, 11) is 3.06. The Hall–Kier alpha value is -2.89. The van der Waals surface area contributed by atoms with Crippen molar-refractivity contribution in [1.82, 2.24) is 10.3 Å². The second-order valence-corrected chi connectivity index (χ2v) is 4.64. The van der Waals surface area contributed by atoms with Gasteiger partial charge in [0.15, 0.2) is 0 Å². The molecule has 0 aliphatic carbocycles. The molecule has 0 radical (unpaired) electrons. The van der Waals surface area contributed by atoms with Crippen molar-refractivity contribution < 1.29 is 19.4 Å². The molecule has 2 rings (SSSR count). The average Bonchev–Trinajstić information content (AvgIpc) is 2.54. The Morgan fingerprint density at radius 3 is 2.45 bits per heavy atom. The number of nitrogens with one attached hydrogen (secondary N) is 1. The number of benzene rings is 1. The zero-order valence-electron chi connectivity index (χ0n) is 12.3. The monoisotopic (exact) mass is 300 g/mol. The third kappa shape index (κ3) is 3.60. The number of carbonyl (C=O) groups excluding carboxylic acids is 1. The summed E-state index contributed by atoms with van der Waals surface area (Å²) in [6.45, 7) is 0. The lowest BCUT2D eigenvalue weighted by atomic mass is 10.1. The predicted octanol–water partition coefficient (Wildman–Crippen LogP) is 1.74. The van der Waals surface area contributed by atoms with Crippen molar-refractivity contribution in [2.45, 2.75) is 6.42 Å². The summed E-state index contributed by atoms with van der Waals surface area (Å²) in [5.41, 5.74) is 1.59. The fraction of sp³-hybridized carbons (Fsp3) is 0.188. The minimum Gasteiger partial charge on any atom is -0.497 e. The number of carboxylic acids is 1. The van der Waals surface area contributed by atoms with Gasteiger partial charge >= 0.3 is 5.97 Å². The second kappa shape index (κ2) is 6.71. The molecule has 0 bridgehead atoms. The Balaban J connectivity index is 2.34. The molecule has 1 amide bonds.